The second-order valence-electron chi connectivity index (χ2n) is 7.60. The standard InChI is InChI=1S/C18H23BrN4O4/c1-18(2,3)27-17(26)22-7-4-5-11(10-22)21-14-12-6-8-23(16(24)25)15(12)20-9-13(14)19/h6,8-9,11H,4-5,7,10H2,1-3H3,(H,20,21)(H,24,25)/t11-/m1/s1. The predicted octanol–water partition coefficient (Wildman–Crippen LogP) is 4.14. The smallest absolute Gasteiger partial charge is 0.417 e. The number of ether oxygens (including phenoxy) is 1. The number of anilines is 1. The molecule has 146 valence electrons. The highest BCUT2D eigenvalue weighted by Gasteiger charge is 2.28. The molecule has 0 aliphatic carbocycles. The van der Waals surface area contributed by atoms with E-state index in [-0.39, 0.29) is 12.1 Å². The van der Waals surface area contributed by atoms with Crippen molar-refractivity contribution < 1.29 is 19.4 Å². The number of halogens is 1. The summed E-state index contributed by atoms with van der Waals surface area (Å²) in [5, 5.41) is 13.4. The van der Waals surface area contributed by atoms with Gasteiger partial charge in [-0.2, -0.15) is 0 Å². The van der Waals surface area contributed by atoms with Crippen LogP contribution in [-0.4, -0.2) is 56.5 Å². The van der Waals surface area contributed by atoms with E-state index in [1.165, 1.54) is 6.20 Å². The number of hydrogen-bond donors (Lipinski definition) is 2. The number of likely N-dealkylation sites (tertiary alicyclic amines) is 1. The third-order valence-electron chi connectivity index (χ3n) is 4.30. The Morgan fingerprint density at radius 2 is 2.15 bits per heavy atom. The van der Waals surface area contributed by atoms with Gasteiger partial charge in [-0.3, -0.25) is 0 Å². The molecule has 1 amide bonds. The molecule has 1 saturated heterocycles. The maximum Gasteiger partial charge on any atom is 0.417 e. The van der Waals surface area contributed by atoms with Crippen LogP contribution in [0.25, 0.3) is 11.0 Å². The Morgan fingerprint density at radius 1 is 1.41 bits per heavy atom. The summed E-state index contributed by atoms with van der Waals surface area (Å²) in [5.74, 6) is 0. The molecule has 2 aromatic heterocycles. The highest BCUT2D eigenvalue weighted by atomic mass is 79.9. The molecule has 27 heavy (non-hydrogen) atoms. The highest BCUT2D eigenvalue weighted by Crippen LogP contribution is 2.32. The number of aromatic nitrogens is 2. The normalized spacial score (nSPS) is 17.8. The molecule has 0 aromatic carbocycles. The molecular formula is C18H23BrN4O4. The van der Waals surface area contributed by atoms with Crippen molar-refractivity contribution in [3.63, 3.8) is 0 Å². The molecule has 1 fully saturated rings. The number of carbonyl (C=O) groups excluding carboxylic acids is 1. The Balaban J connectivity index is 1.80. The number of carbonyl (C=O) groups is 2. The van der Waals surface area contributed by atoms with Crippen molar-refractivity contribution in [3.8, 4) is 0 Å². The first-order valence-electron chi connectivity index (χ1n) is 8.79. The molecule has 1 aliphatic rings. The molecule has 3 heterocycles. The molecule has 0 unspecified atom stereocenters. The van der Waals surface area contributed by atoms with E-state index in [1.807, 2.05) is 20.8 Å². The average Bonchev–Trinajstić information content (AvgIpc) is 3.00. The van der Waals surface area contributed by atoms with Crippen molar-refractivity contribution in [2.75, 3.05) is 18.4 Å². The first kappa shape index (κ1) is 19.5. The first-order valence-corrected chi connectivity index (χ1v) is 9.58. The molecule has 0 radical (unpaired) electrons. The van der Waals surface area contributed by atoms with E-state index in [4.69, 9.17) is 4.74 Å². The number of nitrogens with one attached hydrogen (secondary N) is 1. The zero-order chi connectivity index (χ0) is 19.8. The highest BCUT2D eigenvalue weighted by molar-refractivity contribution is 9.10. The molecule has 8 nitrogen and oxygen atoms in total. The number of nitrogens with zero attached hydrogens (tertiary/aromatic N) is 3. The lowest BCUT2D eigenvalue weighted by atomic mass is 10.1. The van der Waals surface area contributed by atoms with E-state index >= 15 is 0 Å². The summed E-state index contributed by atoms with van der Waals surface area (Å²) in [4.78, 5) is 29.6. The Bertz CT molecular complexity index is 874. The zero-order valence-corrected chi connectivity index (χ0v) is 17.1. The Hall–Kier alpha value is -2.29. The fourth-order valence-corrected chi connectivity index (χ4v) is 3.58. The SMILES string of the molecule is CC(C)(C)OC(=O)N1CCC[C@@H](Nc2c(Br)cnc3c2ccn3C(=O)O)C1. The van der Waals surface area contributed by atoms with Crippen molar-refractivity contribution in [3.05, 3.63) is 22.9 Å². The van der Waals surface area contributed by atoms with E-state index in [0.717, 1.165) is 27.6 Å². The Morgan fingerprint density at radius 3 is 2.81 bits per heavy atom. The number of hydrogen-bond acceptors (Lipinski definition) is 5. The van der Waals surface area contributed by atoms with E-state index in [2.05, 4.69) is 26.2 Å². The lowest BCUT2D eigenvalue weighted by molar-refractivity contribution is 0.0206. The molecule has 0 bridgehead atoms. The number of piperidine rings is 1. The van der Waals surface area contributed by atoms with Crippen LogP contribution in [0.2, 0.25) is 0 Å². The van der Waals surface area contributed by atoms with Crippen LogP contribution in [0.3, 0.4) is 0 Å². The fraction of sp³-hybridized carbons (Fsp3) is 0.500. The van der Waals surface area contributed by atoms with Gasteiger partial charge in [0.25, 0.3) is 0 Å². The van der Waals surface area contributed by atoms with Gasteiger partial charge in [0.15, 0.2) is 5.65 Å². The summed E-state index contributed by atoms with van der Waals surface area (Å²) in [5.41, 5.74) is 0.612. The second-order valence-corrected chi connectivity index (χ2v) is 8.45. The lowest BCUT2D eigenvalue weighted by Gasteiger charge is -2.35. The van der Waals surface area contributed by atoms with Crippen LogP contribution in [0.1, 0.15) is 33.6 Å². The lowest BCUT2D eigenvalue weighted by Crippen LogP contribution is -2.47. The average molecular weight is 439 g/mol. The van der Waals surface area contributed by atoms with Crippen LogP contribution in [0.5, 0.6) is 0 Å². The topological polar surface area (TPSA) is 96.7 Å². The number of fused-ring (bicyclic) bond motifs is 1. The molecule has 2 aromatic rings. The number of pyridine rings is 1. The summed E-state index contributed by atoms with van der Waals surface area (Å²) in [6, 6.07) is 1.75. The molecule has 0 spiro atoms. The molecule has 2 N–H and O–H groups in total. The van der Waals surface area contributed by atoms with Crippen LogP contribution in [0.15, 0.2) is 22.9 Å². The molecule has 1 aliphatic heterocycles. The van der Waals surface area contributed by atoms with Crippen molar-refractivity contribution in [1.82, 2.24) is 14.5 Å². The number of rotatable bonds is 2. The van der Waals surface area contributed by atoms with E-state index in [1.54, 1.807) is 17.2 Å². The molecule has 9 heteroatoms. The maximum atomic E-state index is 12.4. The van der Waals surface area contributed by atoms with Gasteiger partial charge in [-0.1, -0.05) is 0 Å². The van der Waals surface area contributed by atoms with Gasteiger partial charge in [0.1, 0.15) is 5.60 Å². The van der Waals surface area contributed by atoms with E-state index in [9.17, 15) is 14.7 Å². The van der Waals surface area contributed by atoms with Crippen LogP contribution < -0.4 is 5.32 Å². The van der Waals surface area contributed by atoms with Gasteiger partial charge < -0.3 is 20.1 Å². The van der Waals surface area contributed by atoms with Crippen molar-refractivity contribution in [2.24, 2.45) is 0 Å². The van der Waals surface area contributed by atoms with Crippen molar-refractivity contribution in [1.29, 1.82) is 0 Å². The number of carboxylic acid groups (broad SMARTS) is 1. The first-order chi connectivity index (χ1) is 12.7. The molecule has 3 rings (SSSR count). The van der Waals surface area contributed by atoms with Crippen molar-refractivity contribution >= 4 is 44.8 Å². The Kier molecular flexibility index (Phi) is 5.32. The van der Waals surface area contributed by atoms with Crippen LogP contribution in [0, 0.1) is 0 Å². The summed E-state index contributed by atoms with van der Waals surface area (Å²) >= 11 is 3.49. The van der Waals surface area contributed by atoms with Gasteiger partial charge in [-0.15, -0.1) is 0 Å². The van der Waals surface area contributed by atoms with Gasteiger partial charge in [-0.05, 0) is 55.6 Å². The summed E-state index contributed by atoms with van der Waals surface area (Å²) in [7, 11) is 0. The third-order valence-corrected chi connectivity index (χ3v) is 4.90. The minimum absolute atomic E-state index is 0.0290. The Labute approximate surface area is 165 Å². The zero-order valence-electron chi connectivity index (χ0n) is 15.5. The molecule has 0 saturated carbocycles. The second kappa shape index (κ2) is 7.38. The van der Waals surface area contributed by atoms with Gasteiger partial charge >= 0.3 is 12.2 Å². The summed E-state index contributed by atoms with van der Waals surface area (Å²) < 4.78 is 7.30. The number of amides is 1. The van der Waals surface area contributed by atoms with E-state index in [0.29, 0.717) is 24.1 Å². The summed E-state index contributed by atoms with van der Waals surface area (Å²) in [6.45, 7) is 6.73. The van der Waals surface area contributed by atoms with Crippen molar-refractivity contribution in [2.45, 2.75) is 45.3 Å². The summed E-state index contributed by atoms with van der Waals surface area (Å²) in [6.07, 6.45) is 3.42. The monoisotopic (exact) mass is 438 g/mol. The minimum atomic E-state index is -1.08. The van der Waals surface area contributed by atoms with Gasteiger partial charge in [0.05, 0.1) is 10.2 Å². The van der Waals surface area contributed by atoms with Crippen LogP contribution >= 0.6 is 15.9 Å². The quantitative estimate of drug-likeness (QED) is 0.731. The minimum Gasteiger partial charge on any atom is -0.464 e. The predicted molar refractivity (Wildman–Crippen MR) is 105 cm³/mol. The largest absolute Gasteiger partial charge is 0.464 e. The van der Waals surface area contributed by atoms with Gasteiger partial charge in [-0.25, -0.2) is 19.1 Å². The molecule has 1 atom stereocenters. The van der Waals surface area contributed by atoms with Gasteiger partial charge in [0.2, 0.25) is 0 Å². The third kappa shape index (κ3) is 4.35. The van der Waals surface area contributed by atoms with Crippen LogP contribution in [-0.2, 0) is 4.74 Å². The molecular weight excluding hydrogens is 416 g/mol. The fourth-order valence-electron chi connectivity index (χ4n) is 3.15. The van der Waals surface area contributed by atoms with Gasteiger partial charge in [0, 0.05) is 36.9 Å². The van der Waals surface area contributed by atoms with Crippen LogP contribution in [0.4, 0.5) is 15.3 Å². The van der Waals surface area contributed by atoms with E-state index < -0.39 is 11.7 Å². The maximum absolute atomic E-state index is 12.4.